The molecule has 0 saturated heterocycles. The minimum absolute atomic E-state index is 0.617. The van der Waals surface area contributed by atoms with Crippen molar-refractivity contribution < 1.29 is 0 Å². The Bertz CT molecular complexity index is 1800. The second-order valence-electron chi connectivity index (χ2n) is 8.17. The van der Waals surface area contributed by atoms with Crippen molar-refractivity contribution in [3.8, 4) is 34.4 Å². The van der Waals surface area contributed by atoms with E-state index in [9.17, 15) is 5.26 Å². The molecule has 2 heterocycles. The molecule has 0 fully saturated rings. The van der Waals surface area contributed by atoms with Crippen LogP contribution in [0.25, 0.3) is 55.0 Å². The Hall–Kier alpha value is -5.06. The molecule has 4 nitrogen and oxygen atoms in total. The summed E-state index contributed by atoms with van der Waals surface area (Å²) in [5.41, 5.74) is 8.15. The lowest BCUT2D eigenvalue weighted by atomic mass is 9.95. The van der Waals surface area contributed by atoms with Gasteiger partial charge in [0.1, 0.15) is 0 Å². The van der Waals surface area contributed by atoms with Crippen LogP contribution in [0.2, 0.25) is 0 Å². The van der Waals surface area contributed by atoms with Crippen LogP contribution in [0.1, 0.15) is 11.1 Å². The van der Waals surface area contributed by atoms with Crippen LogP contribution in [0.15, 0.2) is 97.2 Å². The third-order valence-corrected chi connectivity index (χ3v) is 6.14. The maximum Gasteiger partial charge on any atom is 0.0991 e. The molecule has 0 spiro atoms. The smallest absolute Gasteiger partial charge is 0.0991 e. The first-order valence-corrected chi connectivity index (χ1v) is 10.9. The van der Waals surface area contributed by atoms with Crippen molar-refractivity contribution in [2.24, 2.45) is 0 Å². The van der Waals surface area contributed by atoms with Crippen LogP contribution in [0.3, 0.4) is 0 Å². The Morgan fingerprint density at radius 1 is 0.588 bits per heavy atom. The van der Waals surface area contributed by atoms with Crippen LogP contribution in [0.4, 0.5) is 0 Å². The molecule has 34 heavy (non-hydrogen) atoms. The van der Waals surface area contributed by atoms with Gasteiger partial charge >= 0.3 is 0 Å². The van der Waals surface area contributed by atoms with Crippen molar-refractivity contribution in [3.63, 3.8) is 0 Å². The number of hydrogen-bond acceptors (Lipinski definition) is 4. The van der Waals surface area contributed by atoms with Crippen LogP contribution in [-0.4, -0.2) is 9.97 Å². The normalized spacial score (nSPS) is 10.9. The van der Waals surface area contributed by atoms with E-state index >= 15 is 0 Å². The van der Waals surface area contributed by atoms with E-state index in [1.807, 2.05) is 42.5 Å². The van der Waals surface area contributed by atoms with Crippen molar-refractivity contribution in [2.75, 3.05) is 0 Å². The zero-order valence-electron chi connectivity index (χ0n) is 18.0. The summed E-state index contributed by atoms with van der Waals surface area (Å²) in [5, 5.41) is 21.3. The third kappa shape index (κ3) is 3.23. The highest BCUT2D eigenvalue weighted by molar-refractivity contribution is 6.12. The molecule has 2 aromatic heterocycles. The van der Waals surface area contributed by atoms with Gasteiger partial charge in [0.2, 0.25) is 0 Å². The topological polar surface area (TPSA) is 73.4 Å². The minimum atomic E-state index is 0.617. The zero-order valence-corrected chi connectivity index (χ0v) is 18.0. The van der Waals surface area contributed by atoms with Crippen LogP contribution >= 0.6 is 0 Å². The van der Waals surface area contributed by atoms with Gasteiger partial charge in [-0.1, -0.05) is 42.5 Å². The molecule has 0 saturated carbocycles. The largest absolute Gasteiger partial charge is 0.254 e. The second kappa shape index (κ2) is 7.81. The highest BCUT2D eigenvalue weighted by Gasteiger charge is 2.12. The summed E-state index contributed by atoms with van der Waals surface area (Å²) in [5.74, 6) is 0. The lowest BCUT2D eigenvalue weighted by Crippen LogP contribution is -1.91. The summed E-state index contributed by atoms with van der Waals surface area (Å²) in [4.78, 5) is 9.57. The van der Waals surface area contributed by atoms with E-state index in [1.54, 1.807) is 12.3 Å². The number of aromatic nitrogens is 2. The molecule has 0 aliphatic carbocycles. The van der Waals surface area contributed by atoms with Crippen LogP contribution in [-0.2, 0) is 0 Å². The standard InChI is InChI=1S/C30H16N4/c31-17-19-3-6-21(7-4-19)22-8-10-23(11-9-22)27-16-25-15-24-14-20(18-32)5-12-28(24)34-29(25)30-26(27)2-1-13-33-30/h1-16H. The minimum Gasteiger partial charge on any atom is -0.254 e. The van der Waals surface area contributed by atoms with Gasteiger partial charge in [-0.3, -0.25) is 4.98 Å². The third-order valence-electron chi connectivity index (χ3n) is 6.14. The number of rotatable bonds is 2. The van der Waals surface area contributed by atoms with Gasteiger partial charge < -0.3 is 0 Å². The highest BCUT2D eigenvalue weighted by atomic mass is 14.7. The van der Waals surface area contributed by atoms with Crippen LogP contribution < -0.4 is 0 Å². The van der Waals surface area contributed by atoms with Crippen LogP contribution in [0.5, 0.6) is 0 Å². The lowest BCUT2D eigenvalue weighted by molar-refractivity contribution is 1.40. The van der Waals surface area contributed by atoms with E-state index in [0.29, 0.717) is 11.1 Å². The van der Waals surface area contributed by atoms with Crippen molar-refractivity contribution in [1.29, 1.82) is 10.5 Å². The Labute approximate surface area is 196 Å². The summed E-state index contributed by atoms with van der Waals surface area (Å²) in [6.07, 6.45) is 1.80. The van der Waals surface area contributed by atoms with Crippen molar-refractivity contribution in [3.05, 3.63) is 108 Å². The summed E-state index contributed by atoms with van der Waals surface area (Å²) < 4.78 is 0. The molecule has 0 bridgehead atoms. The van der Waals surface area contributed by atoms with Crippen molar-refractivity contribution >= 4 is 32.7 Å². The van der Waals surface area contributed by atoms with E-state index in [2.05, 4.69) is 59.6 Å². The van der Waals surface area contributed by atoms with Crippen molar-refractivity contribution in [2.45, 2.75) is 0 Å². The molecule has 6 rings (SSSR count). The number of fused-ring (bicyclic) bond motifs is 4. The fourth-order valence-corrected chi connectivity index (χ4v) is 4.42. The Kier molecular flexibility index (Phi) is 4.51. The summed E-state index contributed by atoms with van der Waals surface area (Å²) in [7, 11) is 0. The molecule has 0 unspecified atom stereocenters. The Morgan fingerprint density at radius 2 is 1.26 bits per heavy atom. The quantitative estimate of drug-likeness (QED) is 0.218. The first-order chi connectivity index (χ1) is 16.7. The maximum absolute atomic E-state index is 9.28. The van der Waals surface area contributed by atoms with E-state index in [0.717, 1.165) is 55.0 Å². The lowest BCUT2D eigenvalue weighted by Gasteiger charge is -2.12. The predicted octanol–water partition coefficient (Wildman–Crippen LogP) is 7.01. The molecule has 4 aromatic carbocycles. The first-order valence-electron chi connectivity index (χ1n) is 10.9. The number of pyridine rings is 2. The highest BCUT2D eigenvalue weighted by Crippen LogP contribution is 2.35. The zero-order chi connectivity index (χ0) is 23.1. The molecule has 0 aliphatic heterocycles. The number of nitriles is 2. The molecule has 0 aliphatic rings. The van der Waals surface area contributed by atoms with Gasteiger partial charge in [0.25, 0.3) is 0 Å². The van der Waals surface area contributed by atoms with E-state index < -0.39 is 0 Å². The maximum atomic E-state index is 9.28. The summed E-state index contributed by atoms with van der Waals surface area (Å²) in [6, 6.07) is 34.2. The fourth-order valence-electron chi connectivity index (χ4n) is 4.42. The fraction of sp³-hybridized carbons (Fsp3) is 0. The molecule has 6 aromatic rings. The van der Waals surface area contributed by atoms with Gasteiger partial charge in [0, 0.05) is 22.4 Å². The first kappa shape index (κ1) is 19.6. The Balaban J connectivity index is 1.53. The van der Waals surface area contributed by atoms with Gasteiger partial charge in [0.05, 0.1) is 39.8 Å². The molecule has 0 radical (unpaired) electrons. The van der Waals surface area contributed by atoms with Gasteiger partial charge in [-0.25, -0.2) is 4.98 Å². The average Bonchev–Trinajstić information content (AvgIpc) is 2.91. The Morgan fingerprint density at radius 3 is 2.00 bits per heavy atom. The SMILES string of the molecule is N#Cc1ccc(-c2ccc(-c3cc4cc5cc(C#N)ccc5nc4c4ncccc34)cc2)cc1. The monoisotopic (exact) mass is 432 g/mol. The van der Waals surface area contributed by atoms with E-state index in [1.165, 1.54) is 0 Å². The predicted molar refractivity (Wildman–Crippen MR) is 135 cm³/mol. The summed E-state index contributed by atoms with van der Waals surface area (Å²) in [6.45, 7) is 0. The second-order valence-corrected chi connectivity index (χ2v) is 8.17. The number of nitrogens with zero attached hydrogens (tertiary/aromatic N) is 4. The molecular formula is C30H16N4. The number of benzene rings is 4. The van der Waals surface area contributed by atoms with Gasteiger partial charge in [-0.15, -0.1) is 0 Å². The van der Waals surface area contributed by atoms with Gasteiger partial charge in [-0.05, 0) is 70.8 Å². The molecule has 156 valence electrons. The average molecular weight is 432 g/mol. The molecule has 0 atom stereocenters. The van der Waals surface area contributed by atoms with Gasteiger partial charge in [-0.2, -0.15) is 10.5 Å². The summed E-state index contributed by atoms with van der Waals surface area (Å²) >= 11 is 0. The molecular weight excluding hydrogens is 416 g/mol. The van der Waals surface area contributed by atoms with E-state index in [-0.39, 0.29) is 0 Å². The molecule has 0 amide bonds. The van der Waals surface area contributed by atoms with Gasteiger partial charge in [0.15, 0.2) is 0 Å². The molecule has 4 heteroatoms. The van der Waals surface area contributed by atoms with Crippen LogP contribution in [0, 0.1) is 22.7 Å². The number of hydrogen-bond donors (Lipinski definition) is 0. The molecule has 0 N–H and O–H groups in total. The van der Waals surface area contributed by atoms with E-state index in [4.69, 9.17) is 10.2 Å². The van der Waals surface area contributed by atoms with Crippen molar-refractivity contribution in [1.82, 2.24) is 9.97 Å².